The number of benzene rings is 2. The second kappa shape index (κ2) is 21.4. The van der Waals surface area contributed by atoms with Crippen LogP contribution >= 0.6 is 31.9 Å². The molecule has 0 N–H and O–H groups in total. The first-order valence-electron chi connectivity index (χ1n) is 13.3. The summed E-state index contributed by atoms with van der Waals surface area (Å²) in [4.78, 5) is 24.7. The van der Waals surface area contributed by atoms with Crippen molar-refractivity contribution in [2.24, 2.45) is 0 Å². The van der Waals surface area contributed by atoms with Crippen molar-refractivity contribution in [2.45, 2.75) is 90.9 Å². The van der Waals surface area contributed by atoms with Crippen molar-refractivity contribution >= 4 is 43.8 Å². The zero-order valence-corrected chi connectivity index (χ0v) is 25.1. The molecule has 36 heavy (non-hydrogen) atoms. The summed E-state index contributed by atoms with van der Waals surface area (Å²) in [7, 11) is 0. The Morgan fingerprint density at radius 1 is 0.556 bits per heavy atom. The minimum atomic E-state index is -0.444. The topological polar surface area (TPSA) is 52.6 Å². The molecule has 0 fully saturated rings. The Morgan fingerprint density at radius 3 is 1.25 bits per heavy atom. The van der Waals surface area contributed by atoms with Gasteiger partial charge in [0.1, 0.15) is 0 Å². The van der Waals surface area contributed by atoms with Gasteiger partial charge in [0.25, 0.3) is 0 Å². The third-order valence-corrected chi connectivity index (χ3v) is 7.57. The molecule has 0 saturated carbocycles. The average molecular weight is 626 g/mol. The molecule has 0 saturated heterocycles. The lowest BCUT2D eigenvalue weighted by atomic mass is 10.1. The SMILES string of the molecule is Brc1ccccc1Br.CCCCCCCCOC(=O)c1ccccc1C(=O)OCCCCCCCC. The molecule has 0 aromatic heterocycles. The molecule has 0 heterocycles. The summed E-state index contributed by atoms with van der Waals surface area (Å²) < 4.78 is 12.9. The van der Waals surface area contributed by atoms with Gasteiger partial charge in [-0.1, -0.05) is 102 Å². The molecule has 2 aromatic carbocycles. The number of esters is 2. The maximum atomic E-state index is 12.4. The summed E-state index contributed by atoms with van der Waals surface area (Å²) in [6.45, 7) is 5.17. The summed E-state index contributed by atoms with van der Waals surface area (Å²) in [6.07, 6.45) is 13.6. The first-order valence-corrected chi connectivity index (χ1v) is 14.9. The Morgan fingerprint density at radius 2 is 0.889 bits per heavy atom. The van der Waals surface area contributed by atoms with E-state index in [0.717, 1.165) is 34.6 Å². The second-order valence-electron chi connectivity index (χ2n) is 8.77. The maximum absolute atomic E-state index is 12.4. The molecule has 0 aliphatic heterocycles. The third kappa shape index (κ3) is 14.8. The molecule has 2 aromatic rings. The Labute approximate surface area is 234 Å². The Hall–Kier alpha value is -1.66. The van der Waals surface area contributed by atoms with E-state index >= 15 is 0 Å². The highest BCUT2D eigenvalue weighted by Crippen LogP contribution is 2.21. The number of carbonyl (C=O) groups excluding carboxylic acids is 2. The van der Waals surface area contributed by atoms with Crippen molar-refractivity contribution in [2.75, 3.05) is 13.2 Å². The lowest BCUT2D eigenvalue weighted by molar-refractivity contribution is 0.0450. The zero-order valence-electron chi connectivity index (χ0n) is 21.9. The third-order valence-electron chi connectivity index (χ3n) is 5.65. The van der Waals surface area contributed by atoms with Crippen LogP contribution < -0.4 is 0 Å². The fourth-order valence-corrected chi connectivity index (χ4v) is 4.10. The summed E-state index contributed by atoms with van der Waals surface area (Å²) in [5.41, 5.74) is 0.586. The van der Waals surface area contributed by atoms with E-state index in [1.807, 2.05) is 24.3 Å². The van der Waals surface area contributed by atoms with Crippen LogP contribution in [0.4, 0.5) is 0 Å². The zero-order chi connectivity index (χ0) is 26.4. The van der Waals surface area contributed by atoms with E-state index in [9.17, 15) is 9.59 Å². The normalized spacial score (nSPS) is 10.3. The molecule has 0 radical (unpaired) electrons. The lowest BCUT2D eigenvalue weighted by Crippen LogP contribution is -2.15. The highest BCUT2D eigenvalue weighted by molar-refractivity contribution is 9.13. The van der Waals surface area contributed by atoms with E-state index < -0.39 is 11.9 Å². The van der Waals surface area contributed by atoms with Gasteiger partial charge in [-0.2, -0.15) is 0 Å². The molecule has 6 heteroatoms. The van der Waals surface area contributed by atoms with Gasteiger partial charge in [-0.3, -0.25) is 0 Å². The Bertz CT molecular complexity index is 800. The van der Waals surface area contributed by atoms with Crippen molar-refractivity contribution < 1.29 is 19.1 Å². The summed E-state index contributed by atoms with van der Waals surface area (Å²) in [5.74, 6) is -0.888. The van der Waals surface area contributed by atoms with E-state index in [0.29, 0.717) is 24.3 Å². The standard InChI is InChI=1S/C24H38O4.C6H4Br2/c1-3-5-7-9-11-15-19-27-23(25)21-17-13-14-18-22(21)24(26)28-20-16-12-10-8-6-4-2;7-5-3-1-2-4-6(5)8/h13-14,17-18H,3-12,15-16,19-20H2,1-2H3;1-4H. The van der Waals surface area contributed by atoms with Crippen LogP contribution in [0.2, 0.25) is 0 Å². The van der Waals surface area contributed by atoms with E-state index in [2.05, 4.69) is 45.7 Å². The van der Waals surface area contributed by atoms with Crippen LogP contribution in [0.25, 0.3) is 0 Å². The molecule has 0 unspecified atom stereocenters. The quantitative estimate of drug-likeness (QED) is 0.138. The molecule has 0 amide bonds. The molecule has 0 bridgehead atoms. The number of hydrogen-bond donors (Lipinski definition) is 0. The fourth-order valence-electron chi connectivity index (χ4n) is 3.53. The highest BCUT2D eigenvalue weighted by Gasteiger charge is 2.18. The Kier molecular flexibility index (Phi) is 19.3. The van der Waals surface area contributed by atoms with Crippen molar-refractivity contribution in [1.29, 1.82) is 0 Å². The summed E-state index contributed by atoms with van der Waals surface area (Å²) in [6, 6.07) is 14.7. The lowest BCUT2D eigenvalue weighted by Gasteiger charge is -2.10. The highest BCUT2D eigenvalue weighted by atomic mass is 79.9. The Balaban J connectivity index is 0.000000681. The van der Waals surface area contributed by atoms with Gasteiger partial charge in [-0.25, -0.2) is 9.59 Å². The van der Waals surface area contributed by atoms with Crippen LogP contribution in [0.1, 0.15) is 112 Å². The van der Waals surface area contributed by atoms with Crippen LogP contribution in [-0.4, -0.2) is 25.2 Å². The smallest absolute Gasteiger partial charge is 0.339 e. The maximum Gasteiger partial charge on any atom is 0.339 e. The summed E-state index contributed by atoms with van der Waals surface area (Å²) in [5, 5.41) is 0. The van der Waals surface area contributed by atoms with Gasteiger partial charge < -0.3 is 9.47 Å². The molecule has 200 valence electrons. The average Bonchev–Trinajstić information content (AvgIpc) is 2.89. The number of unbranched alkanes of at least 4 members (excludes halogenated alkanes) is 10. The predicted octanol–water partition coefficient (Wildman–Crippen LogP) is 9.93. The van der Waals surface area contributed by atoms with Gasteiger partial charge in [0.15, 0.2) is 0 Å². The van der Waals surface area contributed by atoms with E-state index in [1.165, 1.54) is 51.4 Å². The first kappa shape index (κ1) is 32.4. The van der Waals surface area contributed by atoms with Crippen LogP contribution in [0.15, 0.2) is 57.5 Å². The van der Waals surface area contributed by atoms with Gasteiger partial charge in [-0.05, 0) is 69.0 Å². The summed E-state index contributed by atoms with van der Waals surface area (Å²) >= 11 is 6.70. The first-order chi connectivity index (χ1) is 17.5. The van der Waals surface area contributed by atoms with Crippen molar-refractivity contribution in [3.05, 3.63) is 68.6 Å². The van der Waals surface area contributed by atoms with E-state index in [1.54, 1.807) is 24.3 Å². The van der Waals surface area contributed by atoms with Gasteiger partial charge in [0.2, 0.25) is 0 Å². The number of rotatable bonds is 16. The van der Waals surface area contributed by atoms with Gasteiger partial charge in [0.05, 0.1) is 24.3 Å². The molecule has 0 atom stereocenters. The van der Waals surface area contributed by atoms with E-state index in [4.69, 9.17) is 9.47 Å². The van der Waals surface area contributed by atoms with Gasteiger partial charge >= 0.3 is 11.9 Å². The van der Waals surface area contributed by atoms with E-state index in [-0.39, 0.29) is 0 Å². The fraction of sp³-hybridized carbons (Fsp3) is 0.533. The molecule has 0 aliphatic rings. The van der Waals surface area contributed by atoms with Gasteiger partial charge in [0, 0.05) is 8.95 Å². The van der Waals surface area contributed by atoms with Crippen LogP contribution in [-0.2, 0) is 9.47 Å². The van der Waals surface area contributed by atoms with Crippen molar-refractivity contribution in [3.8, 4) is 0 Å². The number of hydrogen-bond acceptors (Lipinski definition) is 4. The van der Waals surface area contributed by atoms with Crippen LogP contribution in [0.3, 0.4) is 0 Å². The largest absolute Gasteiger partial charge is 0.462 e. The van der Waals surface area contributed by atoms with Gasteiger partial charge in [-0.15, -0.1) is 0 Å². The monoisotopic (exact) mass is 624 g/mol. The number of carbonyl (C=O) groups is 2. The predicted molar refractivity (Wildman–Crippen MR) is 156 cm³/mol. The minimum Gasteiger partial charge on any atom is -0.462 e. The molecule has 2 rings (SSSR count). The van der Waals surface area contributed by atoms with Crippen molar-refractivity contribution in [1.82, 2.24) is 0 Å². The molecule has 0 spiro atoms. The van der Waals surface area contributed by atoms with Crippen LogP contribution in [0, 0.1) is 0 Å². The molecular weight excluding hydrogens is 584 g/mol. The minimum absolute atomic E-state index is 0.293. The molecular formula is C30H42Br2O4. The molecule has 4 nitrogen and oxygen atoms in total. The number of halogens is 2. The van der Waals surface area contributed by atoms with Crippen molar-refractivity contribution in [3.63, 3.8) is 0 Å². The molecule has 0 aliphatic carbocycles. The number of ether oxygens (including phenoxy) is 2. The van der Waals surface area contributed by atoms with Crippen LogP contribution in [0.5, 0.6) is 0 Å². The second-order valence-corrected chi connectivity index (χ2v) is 10.5.